The maximum Gasteiger partial charge on any atom is 0.258 e. The van der Waals surface area contributed by atoms with Gasteiger partial charge in [-0.2, -0.15) is 0 Å². The van der Waals surface area contributed by atoms with Crippen molar-refractivity contribution in [3.05, 3.63) is 28.8 Å². The van der Waals surface area contributed by atoms with Gasteiger partial charge in [0.15, 0.2) is 6.61 Å². The molecule has 1 unspecified atom stereocenters. The van der Waals surface area contributed by atoms with Gasteiger partial charge in [0.25, 0.3) is 5.91 Å². The second-order valence-electron chi connectivity index (χ2n) is 5.59. The lowest BCUT2D eigenvalue weighted by molar-refractivity contribution is -0.123. The molecule has 4 nitrogen and oxygen atoms in total. The van der Waals surface area contributed by atoms with Crippen molar-refractivity contribution >= 4 is 17.5 Å². The van der Waals surface area contributed by atoms with E-state index in [-0.39, 0.29) is 18.6 Å². The first kappa shape index (κ1) is 16.1. The lowest BCUT2D eigenvalue weighted by Crippen LogP contribution is -2.35. The average Bonchev–Trinajstić information content (AvgIpc) is 3.28. The minimum Gasteiger partial charge on any atom is -0.482 e. The van der Waals surface area contributed by atoms with Crippen LogP contribution in [0, 0.1) is 0 Å². The van der Waals surface area contributed by atoms with Crippen molar-refractivity contribution in [1.82, 2.24) is 10.6 Å². The zero-order valence-corrected chi connectivity index (χ0v) is 13.4. The first-order valence-electron chi connectivity index (χ1n) is 7.52. The first-order valence-corrected chi connectivity index (χ1v) is 7.90. The summed E-state index contributed by atoms with van der Waals surface area (Å²) in [7, 11) is 0. The molecule has 2 rings (SSSR count). The highest BCUT2D eigenvalue weighted by atomic mass is 35.5. The molecule has 0 heterocycles. The number of amides is 1. The standard InChI is InChI=1S/C16H23ClN2O2/c1-3-11(2)19-16(20)10-21-15-7-4-12(8-14(15)17)9-18-13-5-6-13/h4,7-8,11,13,18H,3,5-6,9-10H2,1-2H3,(H,19,20). The second-order valence-corrected chi connectivity index (χ2v) is 5.99. The zero-order valence-electron chi connectivity index (χ0n) is 12.6. The normalized spacial score (nSPS) is 15.6. The highest BCUT2D eigenvalue weighted by molar-refractivity contribution is 6.32. The van der Waals surface area contributed by atoms with Crippen LogP contribution in [0.15, 0.2) is 18.2 Å². The molecule has 2 N–H and O–H groups in total. The molecule has 1 saturated carbocycles. The first-order chi connectivity index (χ1) is 10.1. The van der Waals surface area contributed by atoms with Gasteiger partial charge in [-0.25, -0.2) is 0 Å². The lowest BCUT2D eigenvalue weighted by Gasteiger charge is -2.13. The Kier molecular flexibility index (Phi) is 5.88. The van der Waals surface area contributed by atoms with Crippen LogP contribution in [0.25, 0.3) is 0 Å². The van der Waals surface area contributed by atoms with Gasteiger partial charge in [0.05, 0.1) is 5.02 Å². The fourth-order valence-corrected chi connectivity index (χ4v) is 2.14. The third-order valence-corrected chi connectivity index (χ3v) is 3.84. The summed E-state index contributed by atoms with van der Waals surface area (Å²) in [5, 5.41) is 6.83. The number of nitrogens with one attached hydrogen (secondary N) is 2. The molecule has 0 aliphatic heterocycles. The Morgan fingerprint density at radius 2 is 2.24 bits per heavy atom. The summed E-state index contributed by atoms with van der Waals surface area (Å²) in [4.78, 5) is 11.7. The van der Waals surface area contributed by atoms with Crippen molar-refractivity contribution in [3.63, 3.8) is 0 Å². The van der Waals surface area contributed by atoms with Gasteiger partial charge in [-0.3, -0.25) is 4.79 Å². The Hall–Kier alpha value is -1.26. The largest absolute Gasteiger partial charge is 0.482 e. The van der Waals surface area contributed by atoms with Gasteiger partial charge in [0.2, 0.25) is 0 Å². The molecule has 1 aromatic carbocycles. The maximum absolute atomic E-state index is 11.7. The van der Waals surface area contributed by atoms with Gasteiger partial charge in [-0.15, -0.1) is 0 Å². The molecule has 1 amide bonds. The van der Waals surface area contributed by atoms with Gasteiger partial charge in [0, 0.05) is 18.6 Å². The Balaban J connectivity index is 1.80. The maximum atomic E-state index is 11.7. The van der Waals surface area contributed by atoms with Crippen LogP contribution >= 0.6 is 11.6 Å². The Morgan fingerprint density at radius 1 is 1.48 bits per heavy atom. The molecule has 1 aliphatic rings. The average molecular weight is 311 g/mol. The van der Waals surface area contributed by atoms with E-state index < -0.39 is 0 Å². The van der Waals surface area contributed by atoms with Crippen molar-refractivity contribution in [3.8, 4) is 5.75 Å². The van der Waals surface area contributed by atoms with Crippen LogP contribution in [0.2, 0.25) is 5.02 Å². The molecule has 0 spiro atoms. The van der Waals surface area contributed by atoms with Gasteiger partial charge in [-0.05, 0) is 43.9 Å². The van der Waals surface area contributed by atoms with Gasteiger partial charge >= 0.3 is 0 Å². The molecule has 21 heavy (non-hydrogen) atoms. The fourth-order valence-electron chi connectivity index (χ4n) is 1.88. The highest BCUT2D eigenvalue weighted by Gasteiger charge is 2.20. The summed E-state index contributed by atoms with van der Waals surface area (Å²) in [5.74, 6) is 0.422. The van der Waals surface area contributed by atoms with E-state index >= 15 is 0 Å². The van der Waals surface area contributed by atoms with E-state index in [4.69, 9.17) is 16.3 Å². The molecule has 1 aliphatic carbocycles. The molecular formula is C16H23ClN2O2. The predicted molar refractivity (Wildman–Crippen MR) is 84.7 cm³/mol. The predicted octanol–water partition coefficient (Wildman–Crippen LogP) is 2.89. The quantitative estimate of drug-likeness (QED) is 0.776. The molecule has 0 aromatic heterocycles. The highest BCUT2D eigenvalue weighted by Crippen LogP contribution is 2.26. The summed E-state index contributed by atoms with van der Waals surface area (Å²) >= 11 is 6.19. The minimum absolute atomic E-state index is 0.0102. The van der Waals surface area contributed by atoms with E-state index in [1.165, 1.54) is 12.8 Å². The van der Waals surface area contributed by atoms with Crippen LogP contribution in [0.1, 0.15) is 38.7 Å². The fraction of sp³-hybridized carbons (Fsp3) is 0.562. The molecule has 1 aromatic rings. The van der Waals surface area contributed by atoms with Crippen LogP contribution in [-0.2, 0) is 11.3 Å². The van der Waals surface area contributed by atoms with Crippen LogP contribution in [0.3, 0.4) is 0 Å². The number of hydrogen-bond donors (Lipinski definition) is 2. The van der Waals surface area contributed by atoms with E-state index in [9.17, 15) is 4.79 Å². The third-order valence-electron chi connectivity index (χ3n) is 3.55. The summed E-state index contributed by atoms with van der Waals surface area (Å²) in [6.45, 7) is 4.80. The summed E-state index contributed by atoms with van der Waals surface area (Å²) in [5.41, 5.74) is 1.13. The second kappa shape index (κ2) is 7.66. The third kappa shape index (κ3) is 5.56. The smallest absolute Gasteiger partial charge is 0.258 e. The van der Waals surface area contributed by atoms with Crippen LogP contribution in [0.4, 0.5) is 0 Å². The number of ether oxygens (including phenoxy) is 1. The molecule has 0 radical (unpaired) electrons. The minimum atomic E-state index is -0.125. The van der Waals surface area contributed by atoms with Crippen molar-refractivity contribution in [2.24, 2.45) is 0 Å². The number of carbonyl (C=O) groups excluding carboxylic acids is 1. The molecular weight excluding hydrogens is 288 g/mol. The van der Waals surface area contributed by atoms with E-state index in [1.807, 2.05) is 32.0 Å². The Morgan fingerprint density at radius 3 is 2.86 bits per heavy atom. The topological polar surface area (TPSA) is 50.4 Å². The van der Waals surface area contributed by atoms with Crippen molar-refractivity contribution < 1.29 is 9.53 Å². The molecule has 5 heteroatoms. The molecule has 1 fully saturated rings. The summed E-state index contributed by atoms with van der Waals surface area (Å²) < 4.78 is 5.47. The van der Waals surface area contributed by atoms with Crippen LogP contribution in [0.5, 0.6) is 5.75 Å². The van der Waals surface area contributed by atoms with E-state index in [1.54, 1.807) is 0 Å². The summed E-state index contributed by atoms with van der Waals surface area (Å²) in [6.07, 6.45) is 3.43. The van der Waals surface area contributed by atoms with Crippen LogP contribution in [-0.4, -0.2) is 24.6 Å². The van der Waals surface area contributed by atoms with Crippen molar-refractivity contribution in [2.75, 3.05) is 6.61 Å². The van der Waals surface area contributed by atoms with E-state index in [0.717, 1.165) is 18.5 Å². The number of hydrogen-bond acceptors (Lipinski definition) is 3. The SMILES string of the molecule is CCC(C)NC(=O)COc1ccc(CNC2CC2)cc1Cl. The van der Waals surface area contributed by atoms with Crippen LogP contribution < -0.4 is 15.4 Å². The van der Waals surface area contributed by atoms with Gasteiger partial charge in [-0.1, -0.05) is 24.6 Å². The van der Waals surface area contributed by atoms with Gasteiger partial charge in [0.1, 0.15) is 5.75 Å². The molecule has 116 valence electrons. The number of halogens is 1. The summed E-state index contributed by atoms with van der Waals surface area (Å²) in [6, 6.07) is 6.52. The molecule has 1 atom stereocenters. The number of carbonyl (C=O) groups is 1. The van der Waals surface area contributed by atoms with Crippen molar-refractivity contribution in [1.29, 1.82) is 0 Å². The number of rotatable bonds is 8. The molecule has 0 bridgehead atoms. The van der Waals surface area contributed by atoms with E-state index in [2.05, 4.69) is 10.6 Å². The molecule has 0 saturated heterocycles. The van der Waals surface area contributed by atoms with E-state index in [0.29, 0.717) is 16.8 Å². The number of benzene rings is 1. The van der Waals surface area contributed by atoms with Gasteiger partial charge < -0.3 is 15.4 Å². The Labute approximate surface area is 131 Å². The van der Waals surface area contributed by atoms with Crippen molar-refractivity contribution in [2.45, 2.75) is 51.7 Å². The lowest BCUT2D eigenvalue weighted by atomic mass is 10.2. The Bertz CT molecular complexity index is 489. The zero-order chi connectivity index (χ0) is 15.2. The monoisotopic (exact) mass is 310 g/mol.